The molecular formula is C16H17Cl2NOS. The van der Waals surface area contributed by atoms with E-state index < -0.39 is 0 Å². The first-order chi connectivity index (χ1) is 10.1. The predicted octanol–water partition coefficient (Wildman–Crippen LogP) is 5.18. The third kappa shape index (κ3) is 4.82. The van der Waals surface area contributed by atoms with E-state index in [1.165, 1.54) is 0 Å². The standard InChI is InChI=1S/C16H17Cl2NOS/c1-2-20-12-5-3-11(4-6-12)16(19)10-21-13-7-8-14(17)15(18)9-13/h3-9,16H,2,10,19H2,1H3. The van der Waals surface area contributed by atoms with E-state index in [4.69, 9.17) is 33.7 Å². The van der Waals surface area contributed by atoms with Gasteiger partial charge in [0.15, 0.2) is 0 Å². The largest absolute Gasteiger partial charge is 0.494 e. The number of halogens is 2. The van der Waals surface area contributed by atoms with Gasteiger partial charge in [-0.25, -0.2) is 0 Å². The molecule has 0 spiro atoms. The zero-order chi connectivity index (χ0) is 15.2. The molecule has 0 amide bonds. The fourth-order valence-electron chi connectivity index (χ4n) is 1.83. The van der Waals surface area contributed by atoms with E-state index in [-0.39, 0.29) is 6.04 Å². The summed E-state index contributed by atoms with van der Waals surface area (Å²) in [4.78, 5) is 1.06. The molecule has 0 aliphatic heterocycles. The Hall–Kier alpha value is -0.870. The van der Waals surface area contributed by atoms with E-state index in [0.717, 1.165) is 22.0 Å². The van der Waals surface area contributed by atoms with Gasteiger partial charge < -0.3 is 10.5 Å². The molecule has 0 heterocycles. The fraction of sp³-hybridized carbons (Fsp3) is 0.250. The Balaban J connectivity index is 1.94. The van der Waals surface area contributed by atoms with Gasteiger partial charge in [-0.3, -0.25) is 0 Å². The zero-order valence-corrected chi connectivity index (χ0v) is 14.0. The molecule has 112 valence electrons. The van der Waals surface area contributed by atoms with E-state index >= 15 is 0 Å². The Labute approximate surface area is 139 Å². The quantitative estimate of drug-likeness (QED) is 0.734. The summed E-state index contributed by atoms with van der Waals surface area (Å²) in [6.07, 6.45) is 0. The van der Waals surface area contributed by atoms with Gasteiger partial charge in [0.1, 0.15) is 5.75 Å². The van der Waals surface area contributed by atoms with Crippen molar-refractivity contribution in [3.8, 4) is 5.75 Å². The Kier molecular flexibility index (Phi) is 6.24. The Morgan fingerprint density at radius 2 is 1.81 bits per heavy atom. The van der Waals surface area contributed by atoms with Gasteiger partial charge in [0.25, 0.3) is 0 Å². The summed E-state index contributed by atoms with van der Waals surface area (Å²) in [6, 6.07) is 13.5. The minimum atomic E-state index is -0.0415. The minimum Gasteiger partial charge on any atom is -0.494 e. The summed E-state index contributed by atoms with van der Waals surface area (Å²) in [5.41, 5.74) is 7.30. The highest BCUT2D eigenvalue weighted by molar-refractivity contribution is 7.99. The summed E-state index contributed by atoms with van der Waals surface area (Å²) in [6.45, 7) is 2.63. The van der Waals surface area contributed by atoms with Crippen LogP contribution in [-0.2, 0) is 0 Å². The lowest BCUT2D eigenvalue weighted by Gasteiger charge is -2.13. The lowest BCUT2D eigenvalue weighted by atomic mass is 10.1. The predicted molar refractivity (Wildman–Crippen MR) is 91.7 cm³/mol. The number of rotatable bonds is 6. The number of hydrogen-bond acceptors (Lipinski definition) is 3. The van der Waals surface area contributed by atoms with Crippen molar-refractivity contribution in [2.75, 3.05) is 12.4 Å². The zero-order valence-electron chi connectivity index (χ0n) is 11.7. The van der Waals surface area contributed by atoms with E-state index in [1.54, 1.807) is 17.8 Å². The van der Waals surface area contributed by atoms with Gasteiger partial charge in [0.05, 0.1) is 16.7 Å². The molecule has 2 aromatic carbocycles. The molecule has 1 atom stereocenters. The van der Waals surface area contributed by atoms with Crippen molar-refractivity contribution < 1.29 is 4.74 Å². The van der Waals surface area contributed by atoms with E-state index in [0.29, 0.717) is 16.7 Å². The van der Waals surface area contributed by atoms with Crippen molar-refractivity contribution in [1.82, 2.24) is 0 Å². The van der Waals surface area contributed by atoms with Crippen LogP contribution < -0.4 is 10.5 Å². The second kappa shape index (κ2) is 7.95. The van der Waals surface area contributed by atoms with Crippen molar-refractivity contribution in [3.05, 3.63) is 58.1 Å². The third-order valence-electron chi connectivity index (χ3n) is 2.94. The number of nitrogens with two attached hydrogens (primary N) is 1. The van der Waals surface area contributed by atoms with E-state index in [1.807, 2.05) is 43.3 Å². The third-order valence-corrected chi connectivity index (χ3v) is 4.79. The molecule has 0 aliphatic carbocycles. The second-order valence-electron chi connectivity index (χ2n) is 4.50. The fourth-order valence-corrected chi connectivity index (χ4v) is 3.12. The number of hydrogen-bond donors (Lipinski definition) is 1. The van der Waals surface area contributed by atoms with Crippen LogP contribution in [0.25, 0.3) is 0 Å². The molecule has 5 heteroatoms. The second-order valence-corrected chi connectivity index (χ2v) is 6.40. The summed E-state index contributed by atoms with van der Waals surface area (Å²) in [5, 5.41) is 1.13. The van der Waals surface area contributed by atoms with Crippen molar-refractivity contribution in [2.45, 2.75) is 17.9 Å². The van der Waals surface area contributed by atoms with Crippen LogP contribution in [0, 0.1) is 0 Å². The molecule has 2 N–H and O–H groups in total. The maximum Gasteiger partial charge on any atom is 0.119 e. The molecular weight excluding hydrogens is 325 g/mol. The van der Waals surface area contributed by atoms with Crippen molar-refractivity contribution in [2.24, 2.45) is 5.73 Å². The summed E-state index contributed by atoms with van der Waals surface area (Å²) >= 11 is 13.6. The van der Waals surface area contributed by atoms with Crippen LogP contribution in [0.1, 0.15) is 18.5 Å². The number of benzene rings is 2. The molecule has 2 nitrogen and oxygen atoms in total. The SMILES string of the molecule is CCOc1ccc(C(N)CSc2ccc(Cl)c(Cl)c2)cc1. The molecule has 21 heavy (non-hydrogen) atoms. The molecule has 0 fully saturated rings. The van der Waals surface area contributed by atoms with Crippen LogP contribution in [0.5, 0.6) is 5.75 Å². The molecule has 0 saturated carbocycles. The molecule has 2 rings (SSSR count). The molecule has 0 radical (unpaired) electrons. The van der Waals surface area contributed by atoms with Crippen LogP contribution in [0.15, 0.2) is 47.4 Å². The molecule has 0 aliphatic rings. The van der Waals surface area contributed by atoms with Gasteiger partial charge >= 0.3 is 0 Å². The van der Waals surface area contributed by atoms with Gasteiger partial charge in [-0.15, -0.1) is 11.8 Å². The van der Waals surface area contributed by atoms with Crippen molar-refractivity contribution >= 4 is 35.0 Å². The Morgan fingerprint density at radius 1 is 1.10 bits per heavy atom. The van der Waals surface area contributed by atoms with E-state index in [9.17, 15) is 0 Å². The Bertz CT molecular complexity index is 589. The highest BCUT2D eigenvalue weighted by atomic mass is 35.5. The van der Waals surface area contributed by atoms with Crippen LogP contribution in [-0.4, -0.2) is 12.4 Å². The lowest BCUT2D eigenvalue weighted by Crippen LogP contribution is -2.12. The monoisotopic (exact) mass is 341 g/mol. The van der Waals surface area contributed by atoms with Gasteiger partial charge in [-0.2, -0.15) is 0 Å². The maximum atomic E-state index is 6.21. The Morgan fingerprint density at radius 3 is 2.43 bits per heavy atom. The van der Waals surface area contributed by atoms with Gasteiger partial charge in [0.2, 0.25) is 0 Å². The summed E-state index contributed by atoms with van der Waals surface area (Å²) in [5.74, 6) is 1.64. The van der Waals surface area contributed by atoms with Crippen molar-refractivity contribution in [3.63, 3.8) is 0 Å². The van der Waals surface area contributed by atoms with Gasteiger partial charge in [-0.1, -0.05) is 35.3 Å². The van der Waals surface area contributed by atoms with Crippen LogP contribution in [0.2, 0.25) is 10.0 Å². The molecule has 0 saturated heterocycles. The van der Waals surface area contributed by atoms with Gasteiger partial charge in [0, 0.05) is 16.7 Å². The number of ether oxygens (including phenoxy) is 1. The van der Waals surface area contributed by atoms with Crippen molar-refractivity contribution in [1.29, 1.82) is 0 Å². The van der Waals surface area contributed by atoms with Gasteiger partial charge in [-0.05, 0) is 42.8 Å². The molecule has 1 unspecified atom stereocenters. The topological polar surface area (TPSA) is 35.2 Å². The van der Waals surface area contributed by atoms with Crippen LogP contribution in [0.4, 0.5) is 0 Å². The molecule has 2 aromatic rings. The molecule has 0 aromatic heterocycles. The van der Waals surface area contributed by atoms with Crippen LogP contribution in [0.3, 0.4) is 0 Å². The summed E-state index contributed by atoms with van der Waals surface area (Å²) in [7, 11) is 0. The number of thioether (sulfide) groups is 1. The average Bonchev–Trinajstić information content (AvgIpc) is 2.49. The van der Waals surface area contributed by atoms with Crippen LogP contribution >= 0.6 is 35.0 Å². The summed E-state index contributed by atoms with van der Waals surface area (Å²) < 4.78 is 5.42. The minimum absolute atomic E-state index is 0.0415. The smallest absolute Gasteiger partial charge is 0.119 e. The first-order valence-electron chi connectivity index (χ1n) is 6.66. The molecule has 0 bridgehead atoms. The maximum absolute atomic E-state index is 6.21. The normalized spacial score (nSPS) is 12.2. The first kappa shape index (κ1) is 16.5. The highest BCUT2D eigenvalue weighted by Crippen LogP contribution is 2.30. The van der Waals surface area contributed by atoms with E-state index in [2.05, 4.69) is 0 Å². The highest BCUT2D eigenvalue weighted by Gasteiger charge is 2.08. The average molecular weight is 342 g/mol. The lowest BCUT2D eigenvalue weighted by molar-refractivity contribution is 0.340. The first-order valence-corrected chi connectivity index (χ1v) is 8.40.